The van der Waals surface area contributed by atoms with Gasteiger partial charge in [-0.1, -0.05) is 64.7 Å². The second kappa shape index (κ2) is 25.0. The summed E-state index contributed by atoms with van der Waals surface area (Å²) in [6.45, 7) is 2.19. The standard InChI is InChI=1S/C16H30O7S.C6H8O7.2Na/c1-2-3-4-5-6-7-8-9-10-11-12-23-16(19)14(13-15(17)18)24(20,21)22;7-3(8)1-6(13,5(11)12)2-4(9)10;;/h14H,2-13H2,1H3,(H,17,18)(H,20,21,22);13H,1-2H2,(H,7,8)(H,9,10)(H,11,12);;/q;;2*+1/p-2. The number of hydrogen-bond donors (Lipinski definition) is 4. The molecule has 39 heavy (non-hydrogen) atoms. The van der Waals surface area contributed by atoms with E-state index in [9.17, 15) is 42.6 Å². The van der Waals surface area contributed by atoms with Crippen molar-refractivity contribution in [2.75, 3.05) is 6.61 Å². The maximum Gasteiger partial charge on any atom is 1.00 e. The summed E-state index contributed by atoms with van der Waals surface area (Å²) in [6, 6.07) is 0. The van der Waals surface area contributed by atoms with E-state index < -0.39 is 70.1 Å². The van der Waals surface area contributed by atoms with E-state index in [1.54, 1.807) is 0 Å². The topological polar surface area (TPSA) is 256 Å². The minimum Gasteiger partial charge on any atom is -0.550 e. The average molecular weight is 603 g/mol. The molecule has 17 heteroatoms. The first kappa shape index (κ1) is 45.2. The zero-order valence-electron chi connectivity index (χ0n) is 22.8. The van der Waals surface area contributed by atoms with E-state index in [2.05, 4.69) is 6.92 Å². The fourth-order valence-electron chi connectivity index (χ4n) is 3.02. The SMILES string of the molecule is CCCCCCCCCCCCOC(=O)C(CC(=O)[O-])S(=O)(=O)O.O=C([O-])CC(O)(CC(=O)O)C(=O)O.[Na+].[Na+]. The molecule has 216 valence electrons. The van der Waals surface area contributed by atoms with Gasteiger partial charge >= 0.3 is 77.0 Å². The molecule has 0 rings (SSSR count). The van der Waals surface area contributed by atoms with Gasteiger partial charge in [-0.25, -0.2) is 4.79 Å². The molecule has 0 aliphatic rings. The van der Waals surface area contributed by atoms with Crippen LogP contribution in [0.1, 0.15) is 90.4 Å². The molecule has 0 aromatic carbocycles. The molecule has 0 aromatic rings. The van der Waals surface area contributed by atoms with Crippen LogP contribution >= 0.6 is 0 Å². The van der Waals surface area contributed by atoms with Gasteiger partial charge < -0.3 is 39.9 Å². The molecule has 0 radical (unpaired) electrons. The van der Waals surface area contributed by atoms with Crippen molar-refractivity contribution in [3.8, 4) is 0 Å². The first-order valence-corrected chi connectivity index (χ1v) is 13.3. The third-order valence-corrected chi connectivity index (χ3v) is 6.07. The number of aliphatic hydroxyl groups is 1. The van der Waals surface area contributed by atoms with Crippen molar-refractivity contribution in [1.82, 2.24) is 0 Å². The number of carboxylic acid groups (broad SMARTS) is 4. The van der Waals surface area contributed by atoms with Crippen molar-refractivity contribution >= 4 is 40.0 Å². The number of ether oxygens (including phenoxy) is 1. The normalized spacial score (nSPS) is 12.7. The Morgan fingerprint density at radius 3 is 1.56 bits per heavy atom. The summed E-state index contributed by atoms with van der Waals surface area (Å²) in [5.41, 5.74) is -2.80. The summed E-state index contributed by atoms with van der Waals surface area (Å²) in [5.74, 6) is -8.33. The van der Waals surface area contributed by atoms with Crippen molar-refractivity contribution in [2.24, 2.45) is 0 Å². The first-order valence-electron chi connectivity index (χ1n) is 11.8. The molecule has 0 bridgehead atoms. The molecular weight excluding hydrogens is 566 g/mol. The van der Waals surface area contributed by atoms with Crippen LogP contribution in [0.5, 0.6) is 0 Å². The van der Waals surface area contributed by atoms with Crippen molar-refractivity contribution in [3.63, 3.8) is 0 Å². The number of carbonyl (C=O) groups excluding carboxylic acids is 3. The molecular formula is C22H36Na2O14S. The minimum absolute atomic E-state index is 0. The molecule has 0 aliphatic carbocycles. The Bertz CT molecular complexity index is 832. The predicted molar refractivity (Wildman–Crippen MR) is 122 cm³/mol. The number of carboxylic acids is 4. The Labute approximate surface area is 272 Å². The van der Waals surface area contributed by atoms with Gasteiger partial charge in [-0.3, -0.25) is 14.1 Å². The molecule has 2 unspecified atom stereocenters. The van der Waals surface area contributed by atoms with Crippen LogP contribution in [-0.4, -0.2) is 75.6 Å². The smallest absolute Gasteiger partial charge is 0.550 e. The molecule has 0 aromatic heterocycles. The van der Waals surface area contributed by atoms with E-state index in [4.69, 9.17) is 24.6 Å². The molecule has 0 saturated heterocycles. The molecule has 0 aliphatic heterocycles. The summed E-state index contributed by atoms with van der Waals surface area (Å²) in [4.78, 5) is 52.3. The number of unbranched alkanes of at least 4 members (excludes halogenated alkanes) is 9. The first-order chi connectivity index (χ1) is 17.1. The maximum absolute atomic E-state index is 11.5. The largest absolute Gasteiger partial charge is 1.00 e. The summed E-state index contributed by atoms with van der Waals surface area (Å²) in [6.07, 6.45) is 7.46. The Morgan fingerprint density at radius 1 is 0.795 bits per heavy atom. The summed E-state index contributed by atoms with van der Waals surface area (Å²) < 4.78 is 35.5. The molecule has 0 spiro atoms. The maximum atomic E-state index is 11.5. The summed E-state index contributed by atoms with van der Waals surface area (Å²) >= 11 is 0. The van der Waals surface area contributed by atoms with Gasteiger partial charge in [-0.05, 0) is 6.42 Å². The van der Waals surface area contributed by atoms with Gasteiger partial charge in [0.2, 0.25) is 0 Å². The van der Waals surface area contributed by atoms with Gasteiger partial charge in [-0.2, -0.15) is 8.42 Å². The van der Waals surface area contributed by atoms with Crippen molar-refractivity contribution in [1.29, 1.82) is 0 Å². The Balaban J connectivity index is -0.000000349. The third kappa shape index (κ3) is 25.9. The van der Waals surface area contributed by atoms with E-state index in [1.807, 2.05) is 0 Å². The van der Waals surface area contributed by atoms with Crippen LogP contribution < -0.4 is 69.3 Å². The van der Waals surface area contributed by atoms with Gasteiger partial charge in [0, 0.05) is 24.8 Å². The Hall–Kier alpha value is -0.780. The molecule has 14 nitrogen and oxygen atoms in total. The molecule has 0 saturated carbocycles. The van der Waals surface area contributed by atoms with Gasteiger partial charge in [0.25, 0.3) is 10.1 Å². The summed E-state index contributed by atoms with van der Waals surface area (Å²) in [7, 11) is -4.82. The Morgan fingerprint density at radius 2 is 1.23 bits per heavy atom. The number of carbonyl (C=O) groups is 5. The average Bonchev–Trinajstić information content (AvgIpc) is 2.74. The fraction of sp³-hybridized carbons (Fsp3) is 0.773. The van der Waals surface area contributed by atoms with Crippen LogP contribution in [0.25, 0.3) is 0 Å². The van der Waals surface area contributed by atoms with Crippen LogP contribution in [0, 0.1) is 0 Å². The van der Waals surface area contributed by atoms with E-state index in [1.165, 1.54) is 38.5 Å². The third-order valence-electron chi connectivity index (χ3n) is 5.00. The van der Waals surface area contributed by atoms with Crippen LogP contribution in [0.2, 0.25) is 0 Å². The van der Waals surface area contributed by atoms with Crippen molar-refractivity contribution < 1.29 is 126 Å². The number of rotatable bonds is 20. The molecule has 4 N–H and O–H groups in total. The minimum atomic E-state index is -4.82. The monoisotopic (exact) mass is 602 g/mol. The molecule has 0 fully saturated rings. The van der Waals surface area contributed by atoms with E-state index >= 15 is 0 Å². The second-order valence-corrected chi connectivity index (χ2v) is 9.98. The zero-order chi connectivity index (χ0) is 29.1. The zero-order valence-corrected chi connectivity index (χ0v) is 27.6. The molecule has 2 atom stereocenters. The number of hydrogen-bond acceptors (Lipinski definition) is 11. The van der Waals surface area contributed by atoms with Gasteiger partial charge in [0.05, 0.1) is 13.0 Å². The van der Waals surface area contributed by atoms with Crippen LogP contribution in [0.15, 0.2) is 0 Å². The Kier molecular flexibility index (Phi) is 29.0. The van der Waals surface area contributed by atoms with Gasteiger partial charge in [0.1, 0.15) is 0 Å². The molecule has 0 amide bonds. The fourth-order valence-corrected chi connectivity index (χ4v) is 3.68. The van der Waals surface area contributed by atoms with Gasteiger partial charge in [0.15, 0.2) is 10.9 Å². The molecule has 0 heterocycles. The quantitative estimate of drug-likeness (QED) is 0.0437. The van der Waals surface area contributed by atoms with Crippen LogP contribution in [0.4, 0.5) is 0 Å². The van der Waals surface area contributed by atoms with Crippen LogP contribution in [-0.2, 0) is 38.8 Å². The van der Waals surface area contributed by atoms with E-state index in [0.717, 1.165) is 19.3 Å². The summed E-state index contributed by atoms with van der Waals surface area (Å²) in [5, 5.41) is 43.8. The van der Waals surface area contributed by atoms with E-state index in [-0.39, 0.29) is 65.7 Å². The number of aliphatic carboxylic acids is 4. The number of esters is 1. The second-order valence-electron chi connectivity index (χ2n) is 8.39. The van der Waals surface area contributed by atoms with Gasteiger partial charge in [-0.15, -0.1) is 0 Å². The predicted octanol–water partition coefficient (Wildman–Crippen LogP) is -6.73. The van der Waals surface area contributed by atoms with Crippen molar-refractivity contribution in [2.45, 2.75) is 101 Å². The van der Waals surface area contributed by atoms with Crippen molar-refractivity contribution in [3.05, 3.63) is 0 Å². The van der Waals surface area contributed by atoms with Crippen LogP contribution in [0.3, 0.4) is 0 Å². The van der Waals surface area contributed by atoms with E-state index in [0.29, 0.717) is 6.42 Å².